The van der Waals surface area contributed by atoms with Gasteiger partial charge in [0.1, 0.15) is 18.2 Å². The quantitative estimate of drug-likeness (QED) is 0.903. The van der Waals surface area contributed by atoms with Crippen molar-refractivity contribution >= 4 is 11.3 Å². The van der Waals surface area contributed by atoms with Crippen molar-refractivity contribution in [3.05, 3.63) is 28.8 Å². The predicted octanol–water partition coefficient (Wildman–Crippen LogP) is 2.38. The van der Waals surface area contributed by atoms with Crippen molar-refractivity contribution in [3.63, 3.8) is 0 Å². The highest BCUT2D eigenvalue weighted by molar-refractivity contribution is 7.15. The summed E-state index contributed by atoms with van der Waals surface area (Å²) in [7, 11) is 0. The minimum Gasteiger partial charge on any atom is -0.486 e. The number of aliphatic hydroxyl groups is 1. The monoisotopic (exact) mass is 263 g/mol. The minimum atomic E-state index is -0.0209. The molecule has 94 valence electrons. The number of benzene rings is 1. The Hall–Kier alpha value is -1.59. The van der Waals surface area contributed by atoms with E-state index in [1.54, 1.807) is 11.3 Å². The molecule has 1 aromatic carbocycles. The van der Waals surface area contributed by atoms with Crippen molar-refractivity contribution in [3.8, 4) is 22.1 Å². The third-order valence-electron chi connectivity index (χ3n) is 2.83. The molecule has 0 radical (unpaired) electrons. The van der Waals surface area contributed by atoms with E-state index in [0.717, 1.165) is 32.6 Å². The lowest BCUT2D eigenvalue weighted by Gasteiger charge is -2.18. The number of rotatable bonds is 2. The lowest BCUT2D eigenvalue weighted by Crippen LogP contribution is -2.15. The number of aryl methyl sites for hydroxylation is 1. The number of ether oxygens (including phenoxy) is 2. The lowest BCUT2D eigenvalue weighted by atomic mass is 10.2. The average molecular weight is 263 g/mol. The smallest absolute Gasteiger partial charge is 0.162 e. The third-order valence-corrected chi connectivity index (χ3v) is 3.89. The Morgan fingerprint density at radius 3 is 2.78 bits per heavy atom. The molecule has 0 spiro atoms. The standard InChI is InChI=1S/C13H13NO3S/c1-8-10(7-15)14-13(18-8)9-2-3-11-12(6-9)17-5-4-16-11/h2-3,6,15H,4-5,7H2,1H3. The molecule has 4 nitrogen and oxygen atoms in total. The van der Waals surface area contributed by atoms with Crippen LogP contribution in [0.15, 0.2) is 18.2 Å². The summed E-state index contributed by atoms with van der Waals surface area (Å²) in [6.45, 7) is 3.12. The molecule has 3 rings (SSSR count). The molecular formula is C13H13NO3S. The first kappa shape index (κ1) is 11.5. The summed E-state index contributed by atoms with van der Waals surface area (Å²) in [6, 6.07) is 5.81. The maximum Gasteiger partial charge on any atom is 0.162 e. The molecule has 0 saturated carbocycles. The highest BCUT2D eigenvalue weighted by Crippen LogP contribution is 2.36. The van der Waals surface area contributed by atoms with Gasteiger partial charge in [-0.3, -0.25) is 0 Å². The number of fused-ring (bicyclic) bond motifs is 1. The van der Waals surface area contributed by atoms with Crippen LogP contribution in [0.3, 0.4) is 0 Å². The van der Waals surface area contributed by atoms with Crippen LogP contribution in [0.4, 0.5) is 0 Å². The second-order valence-electron chi connectivity index (χ2n) is 4.04. The van der Waals surface area contributed by atoms with E-state index in [1.807, 2.05) is 25.1 Å². The van der Waals surface area contributed by atoms with Crippen LogP contribution in [0, 0.1) is 6.92 Å². The van der Waals surface area contributed by atoms with E-state index in [1.165, 1.54) is 0 Å². The van der Waals surface area contributed by atoms with Gasteiger partial charge in [0.2, 0.25) is 0 Å². The van der Waals surface area contributed by atoms with Crippen molar-refractivity contribution in [1.29, 1.82) is 0 Å². The second-order valence-corrected chi connectivity index (χ2v) is 5.24. The van der Waals surface area contributed by atoms with Crippen LogP contribution in [0.2, 0.25) is 0 Å². The number of nitrogens with zero attached hydrogens (tertiary/aromatic N) is 1. The summed E-state index contributed by atoms with van der Waals surface area (Å²) in [4.78, 5) is 5.46. The summed E-state index contributed by atoms with van der Waals surface area (Å²) in [6.07, 6.45) is 0. The molecule has 0 saturated heterocycles. The van der Waals surface area contributed by atoms with Gasteiger partial charge in [-0.25, -0.2) is 4.98 Å². The lowest BCUT2D eigenvalue weighted by molar-refractivity contribution is 0.171. The Balaban J connectivity index is 2.00. The fraction of sp³-hybridized carbons (Fsp3) is 0.308. The highest BCUT2D eigenvalue weighted by atomic mass is 32.1. The topological polar surface area (TPSA) is 51.6 Å². The summed E-state index contributed by atoms with van der Waals surface area (Å²) >= 11 is 1.58. The molecule has 2 aromatic rings. The third kappa shape index (κ3) is 1.95. The molecule has 1 aliphatic rings. The molecule has 0 bridgehead atoms. The molecule has 0 aliphatic carbocycles. The minimum absolute atomic E-state index is 0.0209. The molecule has 1 N–H and O–H groups in total. The first-order valence-electron chi connectivity index (χ1n) is 5.75. The Labute approximate surface area is 109 Å². The first-order chi connectivity index (χ1) is 8.78. The van der Waals surface area contributed by atoms with Crippen molar-refractivity contribution in [2.45, 2.75) is 13.5 Å². The fourth-order valence-corrected chi connectivity index (χ4v) is 2.79. The van der Waals surface area contributed by atoms with E-state index in [4.69, 9.17) is 9.47 Å². The van der Waals surface area contributed by atoms with Gasteiger partial charge in [0, 0.05) is 10.4 Å². The van der Waals surface area contributed by atoms with Crippen molar-refractivity contribution in [2.24, 2.45) is 0 Å². The van der Waals surface area contributed by atoms with Gasteiger partial charge >= 0.3 is 0 Å². The van der Waals surface area contributed by atoms with Crippen molar-refractivity contribution in [2.75, 3.05) is 13.2 Å². The van der Waals surface area contributed by atoms with Gasteiger partial charge < -0.3 is 14.6 Å². The Bertz CT molecular complexity index is 580. The maximum absolute atomic E-state index is 9.17. The van der Waals surface area contributed by atoms with E-state index >= 15 is 0 Å². The molecule has 0 fully saturated rings. The second kappa shape index (κ2) is 4.59. The Morgan fingerprint density at radius 2 is 2.06 bits per heavy atom. The first-order valence-corrected chi connectivity index (χ1v) is 6.57. The summed E-state index contributed by atoms with van der Waals surface area (Å²) < 4.78 is 11.0. The van der Waals surface area contributed by atoms with Crippen LogP contribution in [-0.4, -0.2) is 23.3 Å². The van der Waals surface area contributed by atoms with Crippen LogP contribution in [-0.2, 0) is 6.61 Å². The summed E-state index contributed by atoms with van der Waals surface area (Å²) in [5.41, 5.74) is 1.73. The van der Waals surface area contributed by atoms with Crippen LogP contribution >= 0.6 is 11.3 Å². The molecule has 18 heavy (non-hydrogen) atoms. The van der Waals surface area contributed by atoms with Gasteiger partial charge in [-0.2, -0.15) is 0 Å². The molecule has 2 heterocycles. The van der Waals surface area contributed by atoms with Gasteiger partial charge in [-0.1, -0.05) is 0 Å². The van der Waals surface area contributed by atoms with Crippen LogP contribution < -0.4 is 9.47 Å². The number of aliphatic hydroxyl groups excluding tert-OH is 1. The molecule has 5 heteroatoms. The van der Waals surface area contributed by atoms with Gasteiger partial charge in [-0.15, -0.1) is 11.3 Å². The van der Waals surface area contributed by atoms with E-state index in [9.17, 15) is 5.11 Å². The van der Waals surface area contributed by atoms with Gasteiger partial charge in [0.25, 0.3) is 0 Å². The largest absolute Gasteiger partial charge is 0.486 e. The zero-order valence-corrected chi connectivity index (χ0v) is 10.8. The average Bonchev–Trinajstić information content (AvgIpc) is 2.79. The summed E-state index contributed by atoms with van der Waals surface area (Å²) in [5, 5.41) is 10.1. The van der Waals surface area contributed by atoms with E-state index in [0.29, 0.717) is 13.2 Å². The molecule has 0 atom stereocenters. The molecule has 1 aromatic heterocycles. The Kier molecular flexibility index (Phi) is 2.93. The van der Waals surface area contributed by atoms with Crippen LogP contribution in [0.5, 0.6) is 11.5 Å². The number of hydrogen-bond acceptors (Lipinski definition) is 5. The predicted molar refractivity (Wildman–Crippen MR) is 69.2 cm³/mol. The van der Waals surface area contributed by atoms with Gasteiger partial charge in [0.15, 0.2) is 11.5 Å². The maximum atomic E-state index is 9.17. The van der Waals surface area contributed by atoms with Gasteiger partial charge in [-0.05, 0) is 25.1 Å². The molecule has 0 amide bonds. The Morgan fingerprint density at radius 1 is 1.28 bits per heavy atom. The highest BCUT2D eigenvalue weighted by Gasteiger charge is 2.14. The number of aromatic nitrogens is 1. The molecular weight excluding hydrogens is 250 g/mol. The van der Waals surface area contributed by atoms with Crippen molar-refractivity contribution < 1.29 is 14.6 Å². The number of thiazole rings is 1. The SMILES string of the molecule is Cc1sc(-c2ccc3c(c2)OCCO3)nc1CO. The van der Waals surface area contributed by atoms with Crippen molar-refractivity contribution in [1.82, 2.24) is 4.98 Å². The van der Waals surface area contributed by atoms with Crippen LogP contribution in [0.1, 0.15) is 10.6 Å². The normalized spacial score (nSPS) is 13.7. The molecule has 0 unspecified atom stereocenters. The van der Waals surface area contributed by atoms with E-state index in [-0.39, 0.29) is 6.61 Å². The fourth-order valence-electron chi connectivity index (χ4n) is 1.87. The molecule has 1 aliphatic heterocycles. The zero-order chi connectivity index (χ0) is 12.5. The van der Waals surface area contributed by atoms with E-state index in [2.05, 4.69) is 4.98 Å². The van der Waals surface area contributed by atoms with Crippen LogP contribution in [0.25, 0.3) is 10.6 Å². The van der Waals surface area contributed by atoms with E-state index < -0.39 is 0 Å². The zero-order valence-electron chi connectivity index (χ0n) is 9.97. The number of hydrogen-bond donors (Lipinski definition) is 1. The summed E-state index contributed by atoms with van der Waals surface area (Å²) in [5.74, 6) is 1.54. The van der Waals surface area contributed by atoms with Gasteiger partial charge in [0.05, 0.1) is 12.3 Å².